The van der Waals surface area contributed by atoms with Gasteiger partial charge in [0.25, 0.3) is 0 Å². The van der Waals surface area contributed by atoms with E-state index in [0.29, 0.717) is 6.04 Å². The van der Waals surface area contributed by atoms with Crippen LogP contribution < -0.4 is 11.3 Å². The molecule has 0 bridgehead atoms. The van der Waals surface area contributed by atoms with Crippen molar-refractivity contribution in [2.45, 2.75) is 25.3 Å². The standard InChI is InChI=1S/C7H16N2S/c1-10-5-7(9-8)4-6-2-3-6/h6-7,9H,2-5,8H2,1H3. The molecule has 1 atom stereocenters. The van der Waals surface area contributed by atoms with Gasteiger partial charge in [-0.15, -0.1) is 0 Å². The van der Waals surface area contributed by atoms with Crippen LogP contribution in [0.2, 0.25) is 0 Å². The molecule has 1 rings (SSSR count). The Morgan fingerprint density at radius 2 is 2.40 bits per heavy atom. The molecule has 1 saturated carbocycles. The number of hydrogen-bond acceptors (Lipinski definition) is 3. The predicted molar refractivity (Wildman–Crippen MR) is 46.8 cm³/mol. The van der Waals surface area contributed by atoms with Crippen LogP contribution in [0.5, 0.6) is 0 Å². The van der Waals surface area contributed by atoms with Gasteiger partial charge in [-0.1, -0.05) is 12.8 Å². The first kappa shape index (κ1) is 8.37. The van der Waals surface area contributed by atoms with E-state index in [1.807, 2.05) is 11.8 Å². The zero-order valence-corrected chi connectivity index (χ0v) is 7.29. The van der Waals surface area contributed by atoms with Crippen LogP contribution in [0.1, 0.15) is 19.3 Å². The minimum absolute atomic E-state index is 0.544. The van der Waals surface area contributed by atoms with Gasteiger partial charge in [-0.3, -0.25) is 11.3 Å². The van der Waals surface area contributed by atoms with Crippen molar-refractivity contribution in [2.75, 3.05) is 12.0 Å². The first-order valence-corrected chi connectivity index (χ1v) is 5.21. The normalized spacial score (nSPS) is 21.0. The van der Waals surface area contributed by atoms with Crippen LogP contribution in [0.15, 0.2) is 0 Å². The molecule has 1 unspecified atom stereocenters. The van der Waals surface area contributed by atoms with E-state index in [0.717, 1.165) is 11.7 Å². The molecule has 0 aromatic heterocycles. The molecule has 0 radical (unpaired) electrons. The molecule has 0 heterocycles. The van der Waals surface area contributed by atoms with Gasteiger partial charge in [-0.05, 0) is 18.6 Å². The zero-order chi connectivity index (χ0) is 7.40. The van der Waals surface area contributed by atoms with Crippen molar-refractivity contribution in [1.82, 2.24) is 5.43 Å². The molecule has 0 aliphatic heterocycles. The number of thioether (sulfide) groups is 1. The van der Waals surface area contributed by atoms with E-state index in [2.05, 4.69) is 11.7 Å². The summed E-state index contributed by atoms with van der Waals surface area (Å²) in [7, 11) is 0. The van der Waals surface area contributed by atoms with E-state index in [1.165, 1.54) is 19.3 Å². The number of nitrogens with two attached hydrogens (primary N) is 1. The van der Waals surface area contributed by atoms with E-state index in [1.54, 1.807) is 0 Å². The van der Waals surface area contributed by atoms with Crippen molar-refractivity contribution in [1.29, 1.82) is 0 Å². The van der Waals surface area contributed by atoms with Gasteiger partial charge in [0.05, 0.1) is 0 Å². The van der Waals surface area contributed by atoms with Gasteiger partial charge in [-0.2, -0.15) is 11.8 Å². The Labute approximate surface area is 66.9 Å². The molecule has 60 valence electrons. The van der Waals surface area contributed by atoms with E-state index < -0.39 is 0 Å². The lowest BCUT2D eigenvalue weighted by Crippen LogP contribution is -2.37. The highest BCUT2D eigenvalue weighted by atomic mass is 32.2. The minimum atomic E-state index is 0.544. The molecule has 1 aliphatic carbocycles. The lowest BCUT2D eigenvalue weighted by atomic mass is 10.2. The second-order valence-corrected chi connectivity index (χ2v) is 3.91. The molecular formula is C7H16N2S. The third-order valence-corrected chi connectivity index (χ3v) is 2.65. The third-order valence-electron chi connectivity index (χ3n) is 1.92. The Morgan fingerprint density at radius 1 is 1.70 bits per heavy atom. The molecule has 3 N–H and O–H groups in total. The summed E-state index contributed by atoms with van der Waals surface area (Å²) in [4.78, 5) is 0. The topological polar surface area (TPSA) is 38.0 Å². The quantitative estimate of drug-likeness (QED) is 0.465. The van der Waals surface area contributed by atoms with Crippen LogP contribution in [0.4, 0.5) is 0 Å². The Hall–Kier alpha value is 0.270. The van der Waals surface area contributed by atoms with Crippen molar-refractivity contribution in [3.05, 3.63) is 0 Å². The summed E-state index contributed by atoms with van der Waals surface area (Å²) < 4.78 is 0. The van der Waals surface area contributed by atoms with Gasteiger partial charge in [0, 0.05) is 11.8 Å². The molecule has 10 heavy (non-hydrogen) atoms. The van der Waals surface area contributed by atoms with E-state index in [9.17, 15) is 0 Å². The molecule has 0 aromatic rings. The van der Waals surface area contributed by atoms with Gasteiger partial charge in [0.2, 0.25) is 0 Å². The van der Waals surface area contributed by atoms with Gasteiger partial charge in [0.1, 0.15) is 0 Å². The summed E-state index contributed by atoms with van der Waals surface area (Å²) in [6, 6.07) is 0.544. The fourth-order valence-corrected chi connectivity index (χ4v) is 1.78. The first-order valence-electron chi connectivity index (χ1n) is 3.82. The summed E-state index contributed by atoms with van der Waals surface area (Å²) in [6.07, 6.45) is 6.24. The molecule has 0 saturated heterocycles. The largest absolute Gasteiger partial charge is 0.271 e. The van der Waals surface area contributed by atoms with Crippen molar-refractivity contribution in [2.24, 2.45) is 11.8 Å². The Kier molecular flexibility index (Phi) is 3.52. The highest BCUT2D eigenvalue weighted by Crippen LogP contribution is 2.33. The Balaban J connectivity index is 2.05. The number of hydrazine groups is 1. The summed E-state index contributed by atoms with van der Waals surface area (Å²) in [5.74, 6) is 7.50. The summed E-state index contributed by atoms with van der Waals surface area (Å²) >= 11 is 1.86. The molecule has 2 nitrogen and oxygen atoms in total. The van der Waals surface area contributed by atoms with Crippen LogP contribution in [-0.4, -0.2) is 18.1 Å². The number of rotatable bonds is 5. The molecular weight excluding hydrogens is 144 g/mol. The number of nitrogens with one attached hydrogen (secondary N) is 1. The highest BCUT2D eigenvalue weighted by Gasteiger charge is 2.24. The van der Waals surface area contributed by atoms with Crippen molar-refractivity contribution in [3.8, 4) is 0 Å². The van der Waals surface area contributed by atoms with Crippen molar-refractivity contribution < 1.29 is 0 Å². The van der Waals surface area contributed by atoms with Crippen LogP contribution in [0, 0.1) is 5.92 Å². The maximum absolute atomic E-state index is 5.37. The van der Waals surface area contributed by atoms with Gasteiger partial charge in [-0.25, -0.2) is 0 Å². The monoisotopic (exact) mass is 160 g/mol. The molecule has 0 aromatic carbocycles. The average Bonchev–Trinajstić information content (AvgIpc) is 2.71. The van der Waals surface area contributed by atoms with Crippen molar-refractivity contribution >= 4 is 11.8 Å². The van der Waals surface area contributed by atoms with Gasteiger partial charge >= 0.3 is 0 Å². The van der Waals surface area contributed by atoms with Crippen LogP contribution in [0.25, 0.3) is 0 Å². The molecule has 0 amide bonds. The van der Waals surface area contributed by atoms with Crippen LogP contribution >= 0.6 is 11.8 Å². The predicted octanol–water partition coefficient (Wildman–Crippen LogP) is 0.981. The minimum Gasteiger partial charge on any atom is -0.271 e. The zero-order valence-electron chi connectivity index (χ0n) is 6.47. The molecule has 3 heteroatoms. The molecule has 1 fully saturated rings. The molecule has 0 spiro atoms. The average molecular weight is 160 g/mol. The van der Waals surface area contributed by atoms with Gasteiger partial charge in [0.15, 0.2) is 0 Å². The smallest absolute Gasteiger partial charge is 0.0303 e. The van der Waals surface area contributed by atoms with Crippen LogP contribution in [-0.2, 0) is 0 Å². The highest BCUT2D eigenvalue weighted by molar-refractivity contribution is 7.98. The maximum atomic E-state index is 5.37. The van der Waals surface area contributed by atoms with Crippen LogP contribution in [0.3, 0.4) is 0 Å². The second-order valence-electron chi connectivity index (χ2n) is 3.00. The summed E-state index contributed by atoms with van der Waals surface area (Å²) in [5.41, 5.74) is 2.85. The van der Waals surface area contributed by atoms with E-state index in [4.69, 9.17) is 5.84 Å². The lowest BCUT2D eigenvalue weighted by Gasteiger charge is -2.12. The van der Waals surface area contributed by atoms with Crippen molar-refractivity contribution in [3.63, 3.8) is 0 Å². The Bertz CT molecular complexity index is 93.6. The third kappa shape index (κ3) is 2.90. The second kappa shape index (κ2) is 4.21. The maximum Gasteiger partial charge on any atom is 0.0303 e. The number of hydrogen-bond donors (Lipinski definition) is 2. The summed E-state index contributed by atoms with van der Waals surface area (Å²) in [5, 5.41) is 0. The molecule has 1 aliphatic rings. The lowest BCUT2D eigenvalue weighted by molar-refractivity contribution is 0.509. The first-order chi connectivity index (χ1) is 4.86. The fourth-order valence-electron chi connectivity index (χ4n) is 1.14. The fraction of sp³-hybridized carbons (Fsp3) is 1.00. The SMILES string of the molecule is CSCC(CC1CC1)NN. The van der Waals surface area contributed by atoms with E-state index in [-0.39, 0.29) is 0 Å². The van der Waals surface area contributed by atoms with E-state index >= 15 is 0 Å². The summed E-state index contributed by atoms with van der Waals surface area (Å²) in [6.45, 7) is 0. The Morgan fingerprint density at radius 3 is 2.80 bits per heavy atom. The van der Waals surface area contributed by atoms with Gasteiger partial charge < -0.3 is 0 Å².